The highest BCUT2D eigenvalue weighted by Crippen LogP contribution is 2.25. The van der Waals surface area contributed by atoms with E-state index in [4.69, 9.17) is 5.26 Å². The molecule has 0 atom stereocenters. The van der Waals surface area contributed by atoms with Gasteiger partial charge in [-0.15, -0.1) is 0 Å². The molecule has 2 rings (SSSR count). The summed E-state index contributed by atoms with van der Waals surface area (Å²) in [6, 6.07) is 13.9. The minimum absolute atomic E-state index is 0.181. The van der Waals surface area contributed by atoms with Crippen LogP contribution < -0.4 is 5.43 Å². The monoisotopic (exact) mass is 294 g/mol. The summed E-state index contributed by atoms with van der Waals surface area (Å²) in [6.07, 6.45) is 0. The van der Waals surface area contributed by atoms with Gasteiger partial charge in [-0.1, -0.05) is 29.8 Å². The molecule has 0 bridgehead atoms. The maximum atomic E-state index is 11.0. The number of nitro benzene ring substituents is 1. The summed E-state index contributed by atoms with van der Waals surface area (Å²) in [4.78, 5) is 10.5. The zero-order chi connectivity index (χ0) is 16.1. The first-order valence-corrected chi connectivity index (χ1v) is 6.57. The smallest absolute Gasteiger partial charge is 0.271 e. The fraction of sp³-hybridized carbons (Fsp3) is 0.125. The third-order valence-electron chi connectivity index (χ3n) is 3.14. The lowest BCUT2D eigenvalue weighted by atomic mass is 10.1. The SMILES string of the molecule is CC(=NNc1ccc(C#N)cc1[N+](=O)[O-])c1ccc(C)cc1. The van der Waals surface area contributed by atoms with Crippen molar-refractivity contribution >= 4 is 17.1 Å². The molecule has 0 aromatic heterocycles. The number of benzene rings is 2. The molecule has 0 aliphatic heterocycles. The van der Waals surface area contributed by atoms with Crippen LogP contribution in [0.3, 0.4) is 0 Å². The van der Waals surface area contributed by atoms with Crippen LogP contribution in [0.1, 0.15) is 23.6 Å². The van der Waals surface area contributed by atoms with E-state index in [2.05, 4.69) is 10.5 Å². The van der Waals surface area contributed by atoms with Crippen molar-refractivity contribution in [1.82, 2.24) is 0 Å². The summed E-state index contributed by atoms with van der Waals surface area (Å²) in [7, 11) is 0. The van der Waals surface area contributed by atoms with Crippen molar-refractivity contribution < 1.29 is 4.92 Å². The quantitative estimate of drug-likeness (QED) is 0.529. The second-order valence-corrected chi connectivity index (χ2v) is 4.78. The van der Waals surface area contributed by atoms with Gasteiger partial charge >= 0.3 is 0 Å². The third kappa shape index (κ3) is 3.46. The number of rotatable bonds is 4. The summed E-state index contributed by atoms with van der Waals surface area (Å²) in [6.45, 7) is 3.81. The Balaban J connectivity index is 2.27. The second kappa shape index (κ2) is 6.50. The van der Waals surface area contributed by atoms with Crippen LogP contribution in [0.15, 0.2) is 47.6 Å². The fourth-order valence-corrected chi connectivity index (χ4v) is 1.85. The molecule has 1 N–H and O–H groups in total. The molecule has 0 unspecified atom stereocenters. The first-order valence-electron chi connectivity index (χ1n) is 6.57. The molecule has 6 nitrogen and oxygen atoms in total. The molecule has 0 amide bonds. The number of nitriles is 1. The number of hydrogen-bond acceptors (Lipinski definition) is 5. The number of anilines is 1. The van der Waals surface area contributed by atoms with E-state index in [1.165, 1.54) is 18.2 Å². The lowest BCUT2D eigenvalue weighted by Gasteiger charge is -2.05. The van der Waals surface area contributed by atoms with Gasteiger partial charge in [0.15, 0.2) is 0 Å². The van der Waals surface area contributed by atoms with E-state index in [1.54, 1.807) is 0 Å². The van der Waals surface area contributed by atoms with E-state index < -0.39 is 4.92 Å². The Bertz CT molecular complexity index is 774. The summed E-state index contributed by atoms with van der Waals surface area (Å²) in [5.74, 6) is 0. The third-order valence-corrected chi connectivity index (χ3v) is 3.14. The first kappa shape index (κ1) is 15.2. The summed E-state index contributed by atoms with van der Waals surface area (Å²) in [5, 5.41) is 24.0. The lowest BCUT2D eigenvalue weighted by Crippen LogP contribution is -2.02. The molecule has 2 aromatic rings. The molecule has 0 aliphatic rings. The van der Waals surface area contributed by atoms with Crippen molar-refractivity contribution in [3.8, 4) is 6.07 Å². The van der Waals surface area contributed by atoms with Gasteiger partial charge in [0, 0.05) is 6.07 Å². The Kier molecular flexibility index (Phi) is 4.49. The van der Waals surface area contributed by atoms with Crippen molar-refractivity contribution in [3.05, 3.63) is 69.3 Å². The number of aryl methyl sites for hydroxylation is 1. The van der Waals surface area contributed by atoms with E-state index in [0.717, 1.165) is 11.1 Å². The van der Waals surface area contributed by atoms with Crippen molar-refractivity contribution in [2.24, 2.45) is 5.10 Å². The molecule has 0 fully saturated rings. The van der Waals surface area contributed by atoms with E-state index in [0.29, 0.717) is 5.71 Å². The number of hydrazone groups is 1. The lowest BCUT2D eigenvalue weighted by molar-refractivity contribution is -0.384. The summed E-state index contributed by atoms with van der Waals surface area (Å²) < 4.78 is 0. The molecule has 6 heteroatoms. The predicted molar refractivity (Wildman–Crippen MR) is 84.8 cm³/mol. The van der Waals surface area contributed by atoms with E-state index in [1.807, 2.05) is 44.2 Å². The van der Waals surface area contributed by atoms with Gasteiger partial charge in [0.05, 0.1) is 22.3 Å². The first-order chi connectivity index (χ1) is 10.5. The minimum Gasteiger partial charge on any atom is -0.271 e. The van der Waals surface area contributed by atoms with Crippen LogP contribution in [0.2, 0.25) is 0 Å². The average molecular weight is 294 g/mol. The number of nitrogens with one attached hydrogen (secondary N) is 1. The molecule has 0 radical (unpaired) electrons. The Morgan fingerprint density at radius 2 is 1.95 bits per heavy atom. The molecule has 0 aliphatic carbocycles. The number of hydrogen-bond donors (Lipinski definition) is 1. The normalized spacial score (nSPS) is 10.9. The highest BCUT2D eigenvalue weighted by Gasteiger charge is 2.14. The topological polar surface area (TPSA) is 91.3 Å². The van der Waals surface area contributed by atoms with Crippen molar-refractivity contribution in [2.75, 3.05) is 5.43 Å². The van der Waals surface area contributed by atoms with E-state index in [9.17, 15) is 10.1 Å². The van der Waals surface area contributed by atoms with Crippen LogP contribution in [-0.2, 0) is 0 Å². The molecule has 0 saturated carbocycles. The van der Waals surface area contributed by atoms with Gasteiger partial charge in [0.1, 0.15) is 5.69 Å². The Labute approximate surface area is 127 Å². The van der Waals surface area contributed by atoms with Crippen LogP contribution in [0.4, 0.5) is 11.4 Å². The van der Waals surface area contributed by atoms with Crippen molar-refractivity contribution in [3.63, 3.8) is 0 Å². The molecule has 110 valence electrons. The van der Waals surface area contributed by atoms with E-state index in [-0.39, 0.29) is 16.9 Å². The standard InChI is InChI=1S/C16H14N4O2/c1-11-3-6-14(7-4-11)12(2)18-19-15-8-5-13(10-17)9-16(15)20(21)22/h3-9,19H,1-2H3. The maximum Gasteiger partial charge on any atom is 0.295 e. The Morgan fingerprint density at radius 1 is 1.27 bits per heavy atom. The Morgan fingerprint density at radius 3 is 2.55 bits per heavy atom. The Hall–Kier alpha value is -3.20. The van der Waals surface area contributed by atoms with Gasteiger partial charge in [0.25, 0.3) is 5.69 Å². The largest absolute Gasteiger partial charge is 0.295 e. The molecule has 0 saturated heterocycles. The minimum atomic E-state index is -0.542. The van der Waals surface area contributed by atoms with Gasteiger partial charge in [-0.2, -0.15) is 10.4 Å². The van der Waals surface area contributed by atoms with Gasteiger partial charge in [-0.3, -0.25) is 15.5 Å². The molecular formula is C16H14N4O2. The van der Waals surface area contributed by atoms with Crippen LogP contribution in [0, 0.1) is 28.4 Å². The van der Waals surface area contributed by atoms with E-state index >= 15 is 0 Å². The number of nitro groups is 1. The highest BCUT2D eigenvalue weighted by molar-refractivity contribution is 5.99. The molecule has 0 spiro atoms. The summed E-state index contributed by atoms with van der Waals surface area (Å²) >= 11 is 0. The van der Waals surface area contributed by atoms with Crippen LogP contribution >= 0.6 is 0 Å². The zero-order valence-corrected chi connectivity index (χ0v) is 12.2. The van der Waals surface area contributed by atoms with Gasteiger partial charge in [-0.05, 0) is 31.5 Å². The van der Waals surface area contributed by atoms with Crippen molar-refractivity contribution in [1.29, 1.82) is 5.26 Å². The second-order valence-electron chi connectivity index (χ2n) is 4.78. The molecule has 0 heterocycles. The highest BCUT2D eigenvalue weighted by atomic mass is 16.6. The van der Waals surface area contributed by atoms with Crippen LogP contribution in [-0.4, -0.2) is 10.6 Å². The maximum absolute atomic E-state index is 11.0. The number of nitrogens with zero attached hydrogens (tertiary/aromatic N) is 3. The molecular weight excluding hydrogens is 280 g/mol. The van der Waals surface area contributed by atoms with Crippen LogP contribution in [0.25, 0.3) is 0 Å². The van der Waals surface area contributed by atoms with Gasteiger partial charge < -0.3 is 0 Å². The van der Waals surface area contributed by atoms with Crippen molar-refractivity contribution in [2.45, 2.75) is 13.8 Å². The van der Waals surface area contributed by atoms with Gasteiger partial charge in [-0.25, -0.2) is 0 Å². The zero-order valence-electron chi connectivity index (χ0n) is 12.2. The van der Waals surface area contributed by atoms with Crippen LogP contribution in [0.5, 0.6) is 0 Å². The average Bonchev–Trinajstić information content (AvgIpc) is 2.53. The fourth-order valence-electron chi connectivity index (χ4n) is 1.85. The molecule has 22 heavy (non-hydrogen) atoms. The molecule has 2 aromatic carbocycles. The van der Waals surface area contributed by atoms with Gasteiger partial charge in [0.2, 0.25) is 0 Å². The predicted octanol–water partition coefficient (Wildman–Crippen LogP) is 3.61. The summed E-state index contributed by atoms with van der Waals surface area (Å²) in [5.41, 5.74) is 5.77.